The van der Waals surface area contributed by atoms with Crippen molar-refractivity contribution in [2.45, 2.75) is 12.4 Å². The van der Waals surface area contributed by atoms with Gasteiger partial charge in [-0.15, -0.1) is 0 Å². The van der Waals surface area contributed by atoms with Gasteiger partial charge in [-0.3, -0.25) is 0 Å². The van der Waals surface area contributed by atoms with Gasteiger partial charge in [-0.2, -0.15) is 26.3 Å². The standard InChI is InChI=1S/C8H3F7O/c9-4-2-1-3(7(10,11)12)5(6(4)16)8(13,14)15/h1-2,16H. The average Bonchev–Trinajstić information content (AvgIpc) is 2.05. The molecular weight excluding hydrogens is 245 g/mol. The van der Waals surface area contributed by atoms with Gasteiger partial charge >= 0.3 is 12.4 Å². The highest BCUT2D eigenvalue weighted by Crippen LogP contribution is 2.45. The van der Waals surface area contributed by atoms with Crippen LogP contribution in [0.1, 0.15) is 11.1 Å². The van der Waals surface area contributed by atoms with E-state index in [0.717, 1.165) is 0 Å². The molecule has 90 valence electrons. The third kappa shape index (κ3) is 2.20. The van der Waals surface area contributed by atoms with Crippen molar-refractivity contribution in [3.63, 3.8) is 0 Å². The molecule has 0 unspecified atom stereocenters. The van der Waals surface area contributed by atoms with Crippen molar-refractivity contribution in [2.24, 2.45) is 0 Å². The van der Waals surface area contributed by atoms with Crippen molar-refractivity contribution < 1.29 is 35.8 Å². The largest absolute Gasteiger partial charge is 0.504 e. The van der Waals surface area contributed by atoms with Gasteiger partial charge in [0.25, 0.3) is 0 Å². The smallest absolute Gasteiger partial charge is 0.420 e. The van der Waals surface area contributed by atoms with Gasteiger partial charge in [0.05, 0.1) is 5.56 Å². The summed E-state index contributed by atoms with van der Waals surface area (Å²) in [5, 5.41) is 8.68. The number of phenols is 1. The molecule has 0 amide bonds. The van der Waals surface area contributed by atoms with E-state index in [0.29, 0.717) is 0 Å². The van der Waals surface area contributed by atoms with E-state index in [1.807, 2.05) is 0 Å². The molecule has 0 aliphatic carbocycles. The summed E-state index contributed by atoms with van der Waals surface area (Å²) >= 11 is 0. The van der Waals surface area contributed by atoms with E-state index in [2.05, 4.69) is 0 Å². The number of benzene rings is 1. The van der Waals surface area contributed by atoms with Crippen LogP contribution in [-0.2, 0) is 12.4 Å². The van der Waals surface area contributed by atoms with Crippen molar-refractivity contribution in [2.75, 3.05) is 0 Å². The Morgan fingerprint density at radius 1 is 0.875 bits per heavy atom. The predicted molar refractivity (Wildman–Crippen MR) is 38.1 cm³/mol. The summed E-state index contributed by atoms with van der Waals surface area (Å²) < 4.78 is 85.6. The molecule has 0 spiro atoms. The second-order valence-corrected chi connectivity index (χ2v) is 2.81. The molecule has 0 radical (unpaired) electrons. The minimum atomic E-state index is -5.49. The molecule has 0 aliphatic rings. The second-order valence-electron chi connectivity index (χ2n) is 2.81. The first-order valence-corrected chi connectivity index (χ1v) is 3.71. The van der Waals surface area contributed by atoms with Crippen LogP contribution in [0.3, 0.4) is 0 Å². The van der Waals surface area contributed by atoms with Crippen LogP contribution in [0.15, 0.2) is 12.1 Å². The summed E-state index contributed by atoms with van der Waals surface area (Å²) in [6, 6.07) is 0.0469. The SMILES string of the molecule is Oc1c(F)ccc(C(F)(F)F)c1C(F)(F)F. The van der Waals surface area contributed by atoms with Gasteiger partial charge in [0.1, 0.15) is 5.56 Å². The summed E-state index contributed by atoms with van der Waals surface area (Å²) in [4.78, 5) is 0. The van der Waals surface area contributed by atoms with Crippen LogP contribution in [0.2, 0.25) is 0 Å². The topological polar surface area (TPSA) is 20.2 Å². The first-order valence-electron chi connectivity index (χ1n) is 3.71. The Morgan fingerprint density at radius 3 is 1.75 bits per heavy atom. The van der Waals surface area contributed by atoms with Crippen LogP contribution in [-0.4, -0.2) is 5.11 Å². The Labute approximate surface area is 84.1 Å². The molecule has 0 atom stereocenters. The minimum Gasteiger partial charge on any atom is -0.504 e. The van der Waals surface area contributed by atoms with E-state index >= 15 is 0 Å². The minimum absolute atomic E-state index is 0.0716. The van der Waals surface area contributed by atoms with Crippen LogP contribution in [0.25, 0.3) is 0 Å². The van der Waals surface area contributed by atoms with Gasteiger partial charge < -0.3 is 5.11 Å². The van der Waals surface area contributed by atoms with Crippen molar-refractivity contribution in [1.82, 2.24) is 0 Å². The maximum Gasteiger partial charge on any atom is 0.420 e. The third-order valence-electron chi connectivity index (χ3n) is 1.72. The molecule has 1 rings (SSSR count). The molecule has 1 nitrogen and oxygen atoms in total. The van der Waals surface area contributed by atoms with E-state index < -0.39 is 35.0 Å². The third-order valence-corrected chi connectivity index (χ3v) is 1.72. The first kappa shape index (κ1) is 12.6. The summed E-state index contributed by atoms with van der Waals surface area (Å²) in [6.45, 7) is 0. The quantitative estimate of drug-likeness (QED) is 0.696. The number of aromatic hydroxyl groups is 1. The summed E-state index contributed by atoms with van der Waals surface area (Å²) in [6.07, 6.45) is -10.8. The van der Waals surface area contributed by atoms with E-state index in [1.54, 1.807) is 0 Å². The molecule has 0 aliphatic heterocycles. The van der Waals surface area contributed by atoms with Crippen molar-refractivity contribution in [3.05, 3.63) is 29.1 Å². The molecule has 8 heteroatoms. The van der Waals surface area contributed by atoms with Gasteiger partial charge in [0.15, 0.2) is 11.6 Å². The molecule has 0 fully saturated rings. The van der Waals surface area contributed by atoms with Gasteiger partial charge in [0.2, 0.25) is 0 Å². The van der Waals surface area contributed by atoms with Crippen LogP contribution in [0, 0.1) is 5.82 Å². The van der Waals surface area contributed by atoms with Crippen LogP contribution in [0.5, 0.6) is 5.75 Å². The summed E-state index contributed by atoms with van der Waals surface area (Å²) in [5.41, 5.74) is -4.54. The zero-order valence-electron chi connectivity index (χ0n) is 7.25. The monoisotopic (exact) mass is 248 g/mol. The number of phenolic OH excluding ortho intramolecular Hbond substituents is 1. The number of halogens is 7. The molecule has 0 heterocycles. The maximum absolute atomic E-state index is 12.6. The van der Waals surface area contributed by atoms with Crippen LogP contribution in [0.4, 0.5) is 30.7 Å². The van der Waals surface area contributed by atoms with Crippen LogP contribution < -0.4 is 0 Å². The molecule has 0 saturated carbocycles. The fourth-order valence-corrected chi connectivity index (χ4v) is 1.09. The van der Waals surface area contributed by atoms with E-state index in [9.17, 15) is 30.7 Å². The molecule has 1 aromatic carbocycles. The highest BCUT2D eigenvalue weighted by molar-refractivity contribution is 5.44. The van der Waals surface area contributed by atoms with Crippen molar-refractivity contribution in [3.8, 4) is 5.75 Å². The Balaban J connectivity index is 3.59. The number of hydrogen-bond acceptors (Lipinski definition) is 1. The lowest BCUT2D eigenvalue weighted by Crippen LogP contribution is -2.17. The summed E-state index contributed by atoms with van der Waals surface area (Å²) in [5.74, 6) is -3.82. The van der Waals surface area contributed by atoms with Gasteiger partial charge in [0, 0.05) is 0 Å². The lowest BCUT2D eigenvalue weighted by atomic mass is 10.1. The first-order chi connectivity index (χ1) is 7.05. The lowest BCUT2D eigenvalue weighted by Gasteiger charge is -2.16. The van der Waals surface area contributed by atoms with E-state index in [-0.39, 0.29) is 12.1 Å². The van der Waals surface area contributed by atoms with E-state index in [1.165, 1.54) is 0 Å². The molecule has 0 aromatic heterocycles. The van der Waals surface area contributed by atoms with Gasteiger partial charge in [-0.1, -0.05) is 0 Å². The highest BCUT2D eigenvalue weighted by Gasteiger charge is 2.46. The average molecular weight is 248 g/mol. The second kappa shape index (κ2) is 3.53. The number of rotatable bonds is 0. The molecule has 0 saturated heterocycles. The van der Waals surface area contributed by atoms with Crippen LogP contribution >= 0.6 is 0 Å². The zero-order valence-corrected chi connectivity index (χ0v) is 7.25. The Kier molecular flexibility index (Phi) is 2.78. The van der Waals surface area contributed by atoms with Gasteiger partial charge in [-0.05, 0) is 12.1 Å². The number of alkyl halides is 6. The highest BCUT2D eigenvalue weighted by atomic mass is 19.4. The Hall–Kier alpha value is -1.47. The van der Waals surface area contributed by atoms with E-state index in [4.69, 9.17) is 5.11 Å². The predicted octanol–water partition coefficient (Wildman–Crippen LogP) is 3.57. The normalized spacial score (nSPS) is 12.9. The van der Waals surface area contributed by atoms with Gasteiger partial charge in [-0.25, -0.2) is 4.39 Å². The zero-order chi connectivity index (χ0) is 12.7. The number of hydrogen-bond donors (Lipinski definition) is 1. The molecule has 0 bridgehead atoms. The van der Waals surface area contributed by atoms with Crippen molar-refractivity contribution >= 4 is 0 Å². The Morgan fingerprint density at radius 2 is 1.38 bits per heavy atom. The Bertz CT molecular complexity index is 404. The summed E-state index contributed by atoms with van der Waals surface area (Å²) in [7, 11) is 0. The maximum atomic E-state index is 12.6. The molecule has 1 N–H and O–H groups in total. The molecule has 16 heavy (non-hydrogen) atoms. The van der Waals surface area contributed by atoms with Crippen molar-refractivity contribution in [1.29, 1.82) is 0 Å². The molecule has 1 aromatic rings. The fraction of sp³-hybridized carbons (Fsp3) is 0.250. The lowest BCUT2D eigenvalue weighted by molar-refractivity contribution is -0.163. The fourth-order valence-electron chi connectivity index (χ4n) is 1.09. The molecular formula is C8H3F7O.